The molecule has 3 aromatic heterocycles. The standard InChI is InChI=1S/C22H18F3N3OS/c1-2-30-21-20(27-19-12-16(22(23,24)25)10-11-28(19)21)18-9-8-17(13-26-18)29-14-15-6-4-3-5-7-15/h3-13H,2,14H2,1H3. The second-order valence-corrected chi connectivity index (χ2v) is 7.75. The van der Waals surface area contributed by atoms with Gasteiger partial charge in [-0.15, -0.1) is 11.8 Å². The average molecular weight is 429 g/mol. The van der Waals surface area contributed by atoms with Gasteiger partial charge in [0.1, 0.15) is 28.7 Å². The molecule has 0 fully saturated rings. The molecule has 0 unspecified atom stereocenters. The Morgan fingerprint density at radius 3 is 2.53 bits per heavy atom. The number of hydrogen-bond acceptors (Lipinski definition) is 4. The first-order valence-electron chi connectivity index (χ1n) is 9.31. The summed E-state index contributed by atoms with van der Waals surface area (Å²) in [4.78, 5) is 8.87. The molecule has 0 aliphatic carbocycles. The van der Waals surface area contributed by atoms with Gasteiger partial charge in [-0.1, -0.05) is 37.3 Å². The maximum atomic E-state index is 13.1. The molecule has 0 saturated carbocycles. The van der Waals surface area contributed by atoms with E-state index in [1.165, 1.54) is 18.0 Å². The second kappa shape index (κ2) is 8.39. The van der Waals surface area contributed by atoms with Gasteiger partial charge in [-0.05, 0) is 35.6 Å². The van der Waals surface area contributed by atoms with Gasteiger partial charge in [0.05, 0.1) is 17.5 Å². The van der Waals surface area contributed by atoms with Gasteiger partial charge in [0.15, 0.2) is 0 Å². The SMILES string of the molecule is CCSc1c(-c2ccc(OCc3ccccc3)cn2)nc2cc(C(F)(F)F)ccn12. The Morgan fingerprint density at radius 2 is 1.87 bits per heavy atom. The quantitative estimate of drug-likeness (QED) is 0.347. The number of alkyl halides is 3. The van der Waals surface area contributed by atoms with Gasteiger partial charge in [-0.2, -0.15) is 13.2 Å². The summed E-state index contributed by atoms with van der Waals surface area (Å²) >= 11 is 1.51. The molecule has 0 N–H and O–H groups in total. The molecule has 4 aromatic rings. The van der Waals surface area contributed by atoms with E-state index in [1.807, 2.05) is 37.3 Å². The number of rotatable bonds is 6. The molecule has 0 atom stereocenters. The second-order valence-electron chi connectivity index (χ2n) is 6.49. The third kappa shape index (κ3) is 4.28. The zero-order valence-corrected chi connectivity index (χ0v) is 16.9. The number of imidazole rings is 1. The first kappa shape index (κ1) is 20.3. The van der Waals surface area contributed by atoms with Crippen molar-refractivity contribution in [2.24, 2.45) is 0 Å². The number of aromatic nitrogens is 3. The Labute approximate surface area is 175 Å². The molecule has 3 heterocycles. The van der Waals surface area contributed by atoms with Crippen molar-refractivity contribution in [3.63, 3.8) is 0 Å². The first-order valence-corrected chi connectivity index (χ1v) is 10.3. The van der Waals surface area contributed by atoms with Crippen molar-refractivity contribution in [2.75, 3.05) is 5.75 Å². The topological polar surface area (TPSA) is 39.4 Å². The lowest BCUT2D eigenvalue weighted by molar-refractivity contribution is -0.137. The number of halogens is 3. The molecule has 4 rings (SSSR count). The first-order chi connectivity index (χ1) is 14.5. The summed E-state index contributed by atoms with van der Waals surface area (Å²) in [6, 6.07) is 15.5. The molecule has 4 nitrogen and oxygen atoms in total. The van der Waals surface area contributed by atoms with Gasteiger partial charge in [0, 0.05) is 6.20 Å². The highest BCUT2D eigenvalue weighted by Crippen LogP contribution is 2.35. The Morgan fingerprint density at radius 1 is 1.07 bits per heavy atom. The monoisotopic (exact) mass is 429 g/mol. The summed E-state index contributed by atoms with van der Waals surface area (Å²) in [6.45, 7) is 2.40. The van der Waals surface area contributed by atoms with Crippen LogP contribution >= 0.6 is 11.8 Å². The van der Waals surface area contributed by atoms with Crippen molar-refractivity contribution >= 4 is 17.4 Å². The fourth-order valence-corrected chi connectivity index (χ4v) is 3.84. The lowest BCUT2D eigenvalue weighted by Gasteiger charge is -2.08. The summed E-state index contributed by atoms with van der Waals surface area (Å²) in [6.07, 6.45) is -1.41. The average Bonchev–Trinajstić information content (AvgIpc) is 3.11. The highest BCUT2D eigenvalue weighted by Gasteiger charge is 2.31. The van der Waals surface area contributed by atoms with Crippen molar-refractivity contribution < 1.29 is 17.9 Å². The lowest BCUT2D eigenvalue weighted by atomic mass is 10.2. The van der Waals surface area contributed by atoms with Gasteiger partial charge >= 0.3 is 6.18 Å². The van der Waals surface area contributed by atoms with E-state index in [2.05, 4.69) is 9.97 Å². The predicted octanol–water partition coefficient (Wildman–Crippen LogP) is 6.11. The minimum Gasteiger partial charge on any atom is -0.487 e. The van der Waals surface area contributed by atoms with E-state index in [0.717, 1.165) is 28.5 Å². The Balaban J connectivity index is 1.63. The highest BCUT2D eigenvalue weighted by atomic mass is 32.2. The van der Waals surface area contributed by atoms with Crippen LogP contribution in [0.15, 0.2) is 72.0 Å². The zero-order valence-electron chi connectivity index (χ0n) is 16.1. The maximum Gasteiger partial charge on any atom is 0.416 e. The van der Waals surface area contributed by atoms with E-state index in [9.17, 15) is 13.2 Å². The van der Waals surface area contributed by atoms with Crippen molar-refractivity contribution in [2.45, 2.75) is 24.7 Å². The van der Waals surface area contributed by atoms with Gasteiger partial charge in [-0.3, -0.25) is 9.38 Å². The molecule has 1 aromatic carbocycles. The Hall–Kier alpha value is -3.00. The van der Waals surface area contributed by atoms with E-state index in [1.54, 1.807) is 22.7 Å². The number of thioether (sulfide) groups is 1. The van der Waals surface area contributed by atoms with Gasteiger partial charge < -0.3 is 4.74 Å². The number of pyridine rings is 2. The summed E-state index contributed by atoms with van der Waals surface area (Å²) in [5.74, 6) is 1.36. The van der Waals surface area contributed by atoms with Crippen LogP contribution in [-0.4, -0.2) is 20.1 Å². The van der Waals surface area contributed by atoms with Crippen LogP contribution in [0, 0.1) is 0 Å². The van der Waals surface area contributed by atoms with Crippen LogP contribution in [0.3, 0.4) is 0 Å². The van der Waals surface area contributed by atoms with Crippen LogP contribution in [0.5, 0.6) is 5.75 Å². The lowest BCUT2D eigenvalue weighted by Crippen LogP contribution is -2.05. The third-order valence-corrected chi connectivity index (χ3v) is 5.37. The minimum absolute atomic E-state index is 0.238. The molecule has 0 saturated heterocycles. The Kier molecular flexibility index (Phi) is 5.67. The van der Waals surface area contributed by atoms with Crippen LogP contribution in [0.2, 0.25) is 0 Å². The van der Waals surface area contributed by atoms with E-state index < -0.39 is 11.7 Å². The summed E-state index contributed by atoms with van der Waals surface area (Å²) < 4.78 is 46.6. The van der Waals surface area contributed by atoms with E-state index in [-0.39, 0.29) is 5.65 Å². The molecule has 0 radical (unpaired) electrons. The normalized spacial score (nSPS) is 11.7. The summed E-state index contributed by atoms with van der Waals surface area (Å²) in [5, 5.41) is 0.756. The number of benzene rings is 1. The fourth-order valence-electron chi connectivity index (χ4n) is 2.99. The van der Waals surface area contributed by atoms with E-state index in [4.69, 9.17) is 4.74 Å². The van der Waals surface area contributed by atoms with Crippen LogP contribution in [0.1, 0.15) is 18.1 Å². The smallest absolute Gasteiger partial charge is 0.416 e. The van der Waals surface area contributed by atoms with Gasteiger partial charge in [0.25, 0.3) is 0 Å². The van der Waals surface area contributed by atoms with E-state index in [0.29, 0.717) is 23.7 Å². The molecule has 0 bridgehead atoms. The minimum atomic E-state index is -4.41. The largest absolute Gasteiger partial charge is 0.487 e. The number of hydrogen-bond donors (Lipinski definition) is 0. The van der Waals surface area contributed by atoms with E-state index >= 15 is 0 Å². The number of ether oxygens (including phenoxy) is 1. The number of nitrogens with zero attached hydrogens (tertiary/aromatic N) is 3. The Bertz CT molecular complexity index is 1140. The molecule has 154 valence electrons. The highest BCUT2D eigenvalue weighted by molar-refractivity contribution is 7.99. The van der Waals surface area contributed by atoms with Crippen LogP contribution in [-0.2, 0) is 12.8 Å². The summed E-state index contributed by atoms with van der Waals surface area (Å²) in [7, 11) is 0. The summed E-state index contributed by atoms with van der Waals surface area (Å²) in [5.41, 5.74) is 1.69. The van der Waals surface area contributed by atoms with Crippen molar-refractivity contribution in [3.8, 4) is 17.1 Å². The molecule has 8 heteroatoms. The molecule has 0 aliphatic heterocycles. The van der Waals surface area contributed by atoms with Crippen molar-refractivity contribution in [3.05, 3.63) is 78.1 Å². The molecule has 0 aliphatic rings. The molecular formula is C22H18F3N3OS. The molecule has 0 amide bonds. The van der Waals surface area contributed by atoms with Crippen LogP contribution < -0.4 is 4.74 Å². The van der Waals surface area contributed by atoms with Crippen molar-refractivity contribution in [1.82, 2.24) is 14.4 Å². The predicted molar refractivity (Wildman–Crippen MR) is 111 cm³/mol. The van der Waals surface area contributed by atoms with Crippen molar-refractivity contribution in [1.29, 1.82) is 0 Å². The van der Waals surface area contributed by atoms with Crippen LogP contribution in [0.25, 0.3) is 17.0 Å². The van der Waals surface area contributed by atoms with Gasteiger partial charge in [0.2, 0.25) is 0 Å². The number of fused-ring (bicyclic) bond motifs is 1. The maximum absolute atomic E-state index is 13.1. The van der Waals surface area contributed by atoms with Gasteiger partial charge in [-0.25, -0.2) is 4.98 Å². The molecular weight excluding hydrogens is 411 g/mol. The zero-order chi connectivity index (χ0) is 21.1. The molecule has 30 heavy (non-hydrogen) atoms. The third-order valence-electron chi connectivity index (χ3n) is 4.42. The van der Waals surface area contributed by atoms with Crippen LogP contribution in [0.4, 0.5) is 13.2 Å². The molecule has 0 spiro atoms. The fraction of sp³-hybridized carbons (Fsp3) is 0.182.